The highest BCUT2D eigenvalue weighted by atomic mass is 32.2. The van der Waals surface area contributed by atoms with Gasteiger partial charge >= 0.3 is 0 Å². The van der Waals surface area contributed by atoms with Crippen molar-refractivity contribution in [3.05, 3.63) is 46.8 Å². The molecule has 0 amide bonds. The lowest BCUT2D eigenvalue weighted by Gasteiger charge is -2.10. The molecule has 0 spiro atoms. The number of carbonyl (C=O) groups excluding carboxylic acids is 1. The standard InChI is InChI=1S/C14H14O4S2/c1-10(15)11-5-6-13(18-2)12(8-11)9-20(16,17)14-4-3-7-19-14/h3-8H,9H2,1-2H3. The summed E-state index contributed by atoms with van der Waals surface area (Å²) in [5, 5.41) is 1.72. The van der Waals surface area contributed by atoms with Crippen LogP contribution in [0.15, 0.2) is 39.9 Å². The van der Waals surface area contributed by atoms with Gasteiger partial charge in [0.15, 0.2) is 15.6 Å². The first-order chi connectivity index (χ1) is 9.44. The molecule has 2 rings (SSSR count). The molecule has 0 radical (unpaired) electrons. The second kappa shape index (κ2) is 5.76. The fourth-order valence-corrected chi connectivity index (χ4v) is 4.27. The first-order valence-corrected chi connectivity index (χ1v) is 8.41. The molecule has 106 valence electrons. The van der Waals surface area contributed by atoms with E-state index in [2.05, 4.69) is 0 Å². The molecule has 0 aliphatic carbocycles. The molecule has 0 aliphatic rings. The third kappa shape index (κ3) is 3.08. The van der Waals surface area contributed by atoms with E-state index in [0.717, 1.165) is 0 Å². The minimum atomic E-state index is -3.42. The average Bonchev–Trinajstić information content (AvgIpc) is 2.92. The minimum absolute atomic E-state index is 0.109. The number of carbonyl (C=O) groups is 1. The number of methoxy groups -OCH3 is 1. The van der Waals surface area contributed by atoms with Crippen molar-refractivity contribution in [3.63, 3.8) is 0 Å². The van der Waals surface area contributed by atoms with Crippen molar-refractivity contribution in [1.82, 2.24) is 0 Å². The summed E-state index contributed by atoms with van der Waals surface area (Å²) in [7, 11) is -1.94. The Morgan fingerprint density at radius 2 is 2.05 bits per heavy atom. The van der Waals surface area contributed by atoms with Gasteiger partial charge in [-0.05, 0) is 36.6 Å². The van der Waals surface area contributed by atoms with Crippen molar-refractivity contribution in [1.29, 1.82) is 0 Å². The molecule has 2 aromatic rings. The van der Waals surface area contributed by atoms with E-state index in [4.69, 9.17) is 4.74 Å². The van der Waals surface area contributed by atoms with Gasteiger partial charge in [-0.15, -0.1) is 11.3 Å². The summed E-state index contributed by atoms with van der Waals surface area (Å²) < 4.78 is 30.0. The number of benzene rings is 1. The number of Topliss-reactive ketones (excluding diaryl/α,β-unsaturated/α-hetero) is 1. The highest BCUT2D eigenvalue weighted by molar-refractivity contribution is 7.92. The van der Waals surface area contributed by atoms with Gasteiger partial charge in [-0.2, -0.15) is 0 Å². The maximum Gasteiger partial charge on any atom is 0.192 e. The Hall–Kier alpha value is -1.66. The highest BCUT2D eigenvalue weighted by Gasteiger charge is 2.19. The Balaban J connectivity index is 2.42. The van der Waals surface area contributed by atoms with Crippen LogP contribution in [0.1, 0.15) is 22.8 Å². The van der Waals surface area contributed by atoms with Gasteiger partial charge in [0.1, 0.15) is 9.96 Å². The molecule has 1 aromatic carbocycles. The summed E-state index contributed by atoms with van der Waals surface area (Å²) in [5.41, 5.74) is 0.968. The number of sulfone groups is 1. The number of ether oxygens (including phenoxy) is 1. The zero-order valence-electron chi connectivity index (χ0n) is 11.1. The molecule has 0 bridgehead atoms. The number of thiophene rings is 1. The van der Waals surface area contributed by atoms with Crippen molar-refractivity contribution < 1.29 is 17.9 Å². The highest BCUT2D eigenvalue weighted by Crippen LogP contribution is 2.27. The molecule has 0 saturated heterocycles. The molecule has 0 unspecified atom stereocenters. The summed E-state index contributed by atoms with van der Waals surface area (Å²) >= 11 is 1.18. The number of hydrogen-bond acceptors (Lipinski definition) is 5. The number of hydrogen-bond donors (Lipinski definition) is 0. The summed E-state index contributed by atoms with van der Waals surface area (Å²) in [5.74, 6) is 0.176. The predicted molar refractivity (Wildman–Crippen MR) is 78.2 cm³/mol. The zero-order chi connectivity index (χ0) is 14.8. The van der Waals surface area contributed by atoms with Crippen LogP contribution in [0, 0.1) is 0 Å². The Bertz CT molecular complexity index is 716. The molecule has 0 saturated carbocycles. The minimum Gasteiger partial charge on any atom is -0.496 e. The van der Waals surface area contributed by atoms with Crippen molar-refractivity contribution in [3.8, 4) is 5.75 Å². The Morgan fingerprint density at radius 3 is 2.60 bits per heavy atom. The Kier molecular flexibility index (Phi) is 4.25. The summed E-state index contributed by atoms with van der Waals surface area (Å²) in [6.07, 6.45) is 0. The molecule has 0 atom stereocenters. The van der Waals surface area contributed by atoms with E-state index in [1.807, 2.05) is 0 Å². The monoisotopic (exact) mass is 310 g/mol. The molecule has 0 aliphatic heterocycles. The van der Waals surface area contributed by atoms with E-state index in [0.29, 0.717) is 21.1 Å². The van der Waals surface area contributed by atoms with Crippen LogP contribution in [0.2, 0.25) is 0 Å². The zero-order valence-corrected chi connectivity index (χ0v) is 12.8. The lowest BCUT2D eigenvalue weighted by Crippen LogP contribution is -2.06. The van der Waals surface area contributed by atoms with E-state index < -0.39 is 9.84 Å². The molecule has 20 heavy (non-hydrogen) atoms. The molecular weight excluding hydrogens is 296 g/mol. The maximum absolute atomic E-state index is 12.3. The second-order valence-corrected chi connectivity index (χ2v) is 7.44. The SMILES string of the molecule is COc1ccc(C(C)=O)cc1CS(=O)(=O)c1cccs1. The largest absolute Gasteiger partial charge is 0.496 e. The van der Waals surface area contributed by atoms with E-state index in [1.165, 1.54) is 25.4 Å². The summed E-state index contributed by atoms with van der Waals surface area (Å²) in [6.45, 7) is 1.44. The lowest BCUT2D eigenvalue weighted by atomic mass is 10.1. The molecule has 4 nitrogen and oxygen atoms in total. The first-order valence-electron chi connectivity index (χ1n) is 5.88. The van der Waals surface area contributed by atoms with Crippen molar-refractivity contribution in [2.75, 3.05) is 7.11 Å². The van der Waals surface area contributed by atoms with Crippen molar-refractivity contribution >= 4 is 27.0 Å². The second-order valence-electron chi connectivity index (χ2n) is 4.27. The maximum atomic E-state index is 12.3. The van der Waals surface area contributed by atoms with Crippen LogP contribution in [0.3, 0.4) is 0 Å². The van der Waals surface area contributed by atoms with Crippen LogP contribution in [0.4, 0.5) is 0 Å². The van der Waals surface area contributed by atoms with Crippen LogP contribution in [-0.4, -0.2) is 21.3 Å². The van der Waals surface area contributed by atoms with Gasteiger partial charge in [0.25, 0.3) is 0 Å². The van der Waals surface area contributed by atoms with Crippen molar-refractivity contribution in [2.24, 2.45) is 0 Å². The average molecular weight is 310 g/mol. The van der Waals surface area contributed by atoms with Gasteiger partial charge in [0.05, 0.1) is 12.9 Å². The number of rotatable bonds is 5. The van der Waals surface area contributed by atoms with E-state index >= 15 is 0 Å². The van der Waals surface area contributed by atoms with Crippen LogP contribution in [-0.2, 0) is 15.6 Å². The fraction of sp³-hybridized carbons (Fsp3) is 0.214. The predicted octanol–water partition coefficient (Wildman–Crippen LogP) is 2.93. The van der Waals surface area contributed by atoms with Gasteiger partial charge in [-0.1, -0.05) is 6.07 Å². The molecule has 0 fully saturated rings. The van der Waals surface area contributed by atoms with Crippen LogP contribution in [0.5, 0.6) is 5.75 Å². The van der Waals surface area contributed by atoms with Crippen LogP contribution < -0.4 is 4.74 Å². The smallest absolute Gasteiger partial charge is 0.192 e. The topological polar surface area (TPSA) is 60.4 Å². The Labute approximate surface area is 121 Å². The number of ketones is 1. The van der Waals surface area contributed by atoms with Gasteiger partial charge in [0.2, 0.25) is 0 Å². The van der Waals surface area contributed by atoms with E-state index in [-0.39, 0.29) is 11.5 Å². The van der Waals surface area contributed by atoms with Gasteiger partial charge in [0, 0.05) is 11.1 Å². The lowest BCUT2D eigenvalue weighted by molar-refractivity contribution is 0.101. The normalized spacial score (nSPS) is 11.3. The molecule has 1 heterocycles. The van der Waals surface area contributed by atoms with Crippen LogP contribution in [0.25, 0.3) is 0 Å². The van der Waals surface area contributed by atoms with Gasteiger partial charge < -0.3 is 4.74 Å². The molecule has 6 heteroatoms. The van der Waals surface area contributed by atoms with Gasteiger partial charge in [-0.25, -0.2) is 8.42 Å². The first kappa shape index (κ1) is 14.7. The van der Waals surface area contributed by atoms with Crippen molar-refractivity contribution in [2.45, 2.75) is 16.9 Å². The van der Waals surface area contributed by atoms with E-state index in [9.17, 15) is 13.2 Å². The third-order valence-corrected chi connectivity index (χ3v) is 5.99. The molecule has 1 aromatic heterocycles. The quantitative estimate of drug-likeness (QED) is 0.797. The molecular formula is C14H14O4S2. The Morgan fingerprint density at radius 1 is 1.30 bits per heavy atom. The third-order valence-electron chi connectivity index (χ3n) is 2.83. The van der Waals surface area contributed by atoms with Crippen LogP contribution >= 0.6 is 11.3 Å². The van der Waals surface area contributed by atoms with Gasteiger partial charge in [-0.3, -0.25) is 4.79 Å². The fourth-order valence-electron chi connectivity index (χ4n) is 1.83. The molecule has 0 N–H and O–H groups in total. The van der Waals surface area contributed by atoms with E-state index in [1.54, 1.807) is 35.7 Å². The summed E-state index contributed by atoms with van der Waals surface area (Å²) in [4.78, 5) is 11.4. The summed E-state index contributed by atoms with van der Waals surface area (Å²) in [6, 6.07) is 8.09.